The summed E-state index contributed by atoms with van der Waals surface area (Å²) in [5, 5.41) is 1.95. The highest BCUT2D eigenvalue weighted by atomic mass is 19.5. The van der Waals surface area contributed by atoms with Gasteiger partial charge in [-0.2, -0.15) is 299 Å². The van der Waals surface area contributed by atoms with Crippen molar-refractivity contribution in [2.45, 2.75) is 281 Å². The number of amides is 2. The van der Waals surface area contributed by atoms with E-state index in [-0.39, 0.29) is 12.1 Å². The van der Waals surface area contributed by atoms with Gasteiger partial charge in [-0.05, 0) is 88.5 Å². The Labute approximate surface area is 658 Å². The van der Waals surface area contributed by atoms with Crippen molar-refractivity contribution in [2.24, 2.45) is 11.8 Å². The molecular formula is C56H36F68N2O2. The number of hydrogen-bond acceptors (Lipinski definition) is 2. The maximum atomic E-state index is 15.1. The Hall–Kier alpha value is -6.60. The molecular weight excluding hydrogens is 2020 g/mol. The van der Waals surface area contributed by atoms with Gasteiger partial charge in [0, 0.05) is 37.5 Å². The molecule has 1 rings (SSSR count). The third kappa shape index (κ3) is 17.9. The summed E-state index contributed by atoms with van der Waals surface area (Å²) in [4.78, 5) is 27.7. The number of hydrogen-bond donors (Lipinski definition) is 2. The molecule has 1 aromatic carbocycles. The first kappa shape index (κ1) is 119. The molecule has 0 unspecified atom stereocenters. The monoisotopic (exact) mass is 2060 g/mol. The molecule has 0 aliphatic heterocycles. The van der Waals surface area contributed by atoms with Gasteiger partial charge >= 0.3 is 191 Å². The summed E-state index contributed by atoms with van der Waals surface area (Å²) in [7, 11) is 0. The number of aryl methyl sites for hydroxylation is 2. The fraction of sp³-hybridized carbons (Fsp3) is 0.857. The van der Waals surface area contributed by atoms with Gasteiger partial charge < -0.3 is 10.6 Å². The lowest BCUT2D eigenvalue weighted by molar-refractivity contribution is -0.461. The van der Waals surface area contributed by atoms with E-state index in [1.165, 1.54) is 0 Å². The van der Waals surface area contributed by atoms with Crippen LogP contribution in [0.5, 0.6) is 0 Å². The largest absolute Gasteiger partial charge is 0.460 e. The Balaban J connectivity index is 4.62. The van der Waals surface area contributed by atoms with Crippen LogP contribution in [0.25, 0.3) is 0 Å². The molecule has 4 nitrogen and oxygen atoms in total. The Morgan fingerprint density at radius 1 is 0.195 bits per heavy atom. The number of alkyl halides is 68. The topological polar surface area (TPSA) is 58.2 Å². The molecule has 2 amide bonds. The van der Waals surface area contributed by atoms with E-state index >= 15 is 35.1 Å². The second-order valence-corrected chi connectivity index (χ2v) is 27.0. The Morgan fingerprint density at radius 2 is 0.305 bits per heavy atom. The molecule has 0 aromatic heterocycles. The first-order valence-electron chi connectivity index (χ1n) is 31.5. The molecule has 0 saturated carbocycles. The highest BCUT2D eigenvalue weighted by molar-refractivity contribution is 6.01. The summed E-state index contributed by atoms with van der Waals surface area (Å²) in [5.74, 6) is -265. The van der Waals surface area contributed by atoms with Crippen LogP contribution in [0.15, 0.2) is 12.1 Å². The lowest BCUT2D eigenvalue weighted by Crippen LogP contribution is -2.74. The van der Waals surface area contributed by atoms with Gasteiger partial charge in [-0.3, -0.25) is 9.59 Å². The van der Waals surface area contributed by atoms with Crippen molar-refractivity contribution in [1.29, 1.82) is 0 Å². The minimum atomic E-state index is -9.49. The lowest BCUT2D eigenvalue weighted by Gasteiger charge is -2.43. The first-order chi connectivity index (χ1) is 55.0. The van der Waals surface area contributed by atoms with Crippen LogP contribution in [0, 0.1) is 25.7 Å². The van der Waals surface area contributed by atoms with E-state index in [4.69, 9.17) is 0 Å². The molecule has 2 N–H and O–H groups in total. The minimum absolute atomic E-state index is 0.0545. The van der Waals surface area contributed by atoms with Crippen LogP contribution in [0.1, 0.15) is 88.2 Å². The minimum Gasteiger partial charge on any atom is -0.324 e. The number of carbonyl (C=O) groups excluding carboxylic acids is 2. The number of rotatable bonds is 44. The predicted octanol–water partition coefficient (Wildman–Crippen LogP) is 28.1. The van der Waals surface area contributed by atoms with Crippen LogP contribution in [-0.4, -0.2) is 202 Å². The Bertz CT molecular complexity index is 3530. The van der Waals surface area contributed by atoms with Crippen molar-refractivity contribution in [3.63, 3.8) is 0 Å². The third-order valence-electron chi connectivity index (χ3n) is 18.2. The second kappa shape index (κ2) is 33.8. The van der Waals surface area contributed by atoms with Gasteiger partial charge in [0.1, 0.15) is 0 Å². The van der Waals surface area contributed by atoms with Crippen molar-refractivity contribution in [2.75, 3.05) is 10.6 Å². The van der Waals surface area contributed by atoms with E-state index in [2.05, 4.69) is 0 Å². The fourth-order valence-electron chi connectivity index (χ4n) is 10.0. The van der Waals surface area contributed by atoms with Crippen molar-refractivity contribution in [3.8, 4) is 0 Å². The maximum Gasteiger partial charge on any atom is 0.460 e. The second-order valence-electron chi connectivity index (χ2n) is 27.0. The highest BCUT2D eigenvalue weighted by Crippen LogP contribution is 2.71. The molecule has 0 fully saturated rings. The zero-order chi connectivity index (χ0) is 104. The van der Waals surface area contributed by atoms with Crippen molar-refractivity contribution < 1.29 is 308 Å². The van der Waals surface area contributed by atoms with Gasteiger partial charge in [0.15, 0.2) is 0 Å². The molecule has 0 saturated heterocycles. The zero-order valence-electron chi connectivity index (χ0n) is 59.3. The number of nitrogens with one attached hydrogen (secondary N) is 2. The smallest absolute Gasteiger partial charge is 0.324 e. The van der Waals surface area contributed by atoms with Gasteiger partial charge in [-0.15, -0.1) is 0 Å². The van der Waals surface area contributed by atoms with Gasteiger partial charge in [0.25, 0.3) is 0 Å². The van der Waals surface area contributed by atoms with E-state index in [1.54, 1.807) is 0 Å². The van der Waals surface area contributed by atoms with Crippen LogP contribution >= 0.6 is 0 Å². The van der Waals surface area contributed by atoms with Gasteiger partial charge in [-0.25, -0.2) is 0 Å². The summed E-state index contributed by atoms with van der Waals surface area (Å²) >= 11 is 0. The van der Waals surface area contributed by atoms with E-state index < -0.39 is 314 Å². The molecule has 758 valence electrons. The molecule has 0 heterocycles. The maximum absolute atomic E-state index is 15.1. The van der Waals surface area contributed by atoms with Crippen LogP contribution in [0.2, 0.25) is 0 Å². The summed E-state index contributed by atoms with van der Waals surface area (Å²) < 4.78 is 953. The summed E-state index contributed by atoms with van der Waals surface area (Å²) in [6, 6.07) is -0.109. The lowest BCUT2D eigenvalue weighted by atomic mass is 9.86. The molecule has 128 heavy (non-hydrogen) atoms. The zero-order valence-corrected chi connectivity index (χ0v) is 59.3. The summed E-state index contributed by atoms with van der Waals surface area (Å²) in [6.07, 6.45) is -71.9. The van der Waals surface area contributed by atoms with E-state index in [0.717, 1.165) is 10.6 Å². The number of benzene rings is 1. The molecule has 0 spiro atoms. The third-order valence-corrected chi connectivity index (χ3v) is 18.2. The average Bonchev–Trinajstić information content (AvgIpc) is 0.707. The molecule has 1 aromatic rings. The first-order valence-corrected chi connectivity index (χ1v) is 31.5. The number of carbonyl (C=O) groups is 2. The Kier molecular flexibility index (Phi) is 31.5. The molecule has 0 radical (unpaired) electrons. The molecule has 72 heteroatoms. The number of halogens is 68. The molecule has 0 bridgehead atoms. The fourth-order valence-corrected chi connectivity index (χ4v) is 10.0. The predicted molar refractivity (Wildman–Crippen MR) is 278 cm³/mol. The number of anilines is 2. The van der Waals surface area contributed by atoms with E-state index in [1.807, 2.05) is 0 Å². The Morgan fingerprint density at radius 3 is 0.422 bits per heavy atom. The summed E-state index contributed by atoms with van der Waals surface area (Å²) in [6.45, 7) is 0.995. The van der Waals surface area contributed by atoms with Crippen LogP contribution in [-0.2, 0) is 9.59 Å². The van der Waals surface area contributed by atoms with Crippen molar-refractivity contribution in [1.82, 2.24) is 0 Å². The molecule has 0 atom stereocenters. The van der Waals surface area contributed by atoms with Crippen molar-refractivity contribution >= 4 is 23.2 Å². The van der Waals surface area contributed by atoms with E-state index in [0.29, 0.717) is 13.8 Å². The van der Waals surface area contributed by atoms with E-state index in [9.17, 15) is 273 Å². The summed E-state index contributed by atoms with van der Waals surface area (Å²) in [5.41, 5.74) is -5.43. The SMILES string of the molecule is Cc1cc(NC(=O)C(CCCC(F)(F)C(F)(F)C(F)(F)C(F)(F)C(F)(F)C(F)(F)C(F)(F)C(F)(F)F)CCCC(F)(F)C(F)(F)C(F)(F)C(F)(F)C(F)(F)C(F)(F)C(F)(F)C(F)(F)F)c(NC(=O)C(CCCC(F)(F)C(F)(F)C(F)(F)C(F)(F)C(F)(F)C(F)(F)C(F)(F)C(F)(F)F)CCCC(F)(F)C(F)(F)C(F)(F)C(F)(F)C(F)(F)C(F)(F)C(F)(F)C(F)(F)F)cc1C. The molecule has 0 aliphatic rings. The normalized spacial score (nSPS) is 16.3. The quantitative estimate of drug-likeness (QED) is 0.0640. The van der Waals surface area contributed by atoms with Crippen LogP contribution in [0.4, 0.5) is 310 Å². The van der Waals surface area contributed by atoms with Crippen LogP contribution < -0.4 is 10.6 Å². The van der Waals surface area contributed by atoms with Gasteiger partial charge in [0.05, 0.1) is 11.4 Å². The average molecular weight is 2060 g/mol. The van der Waals surface area contributed by atoms with Crippen molar-refractivity contribution in [3.05, 3.63) is 23.3 Å². The highest BCUT2D eigenvalue weighted by Gasteiger charge is 3.00. The standard InChI is InChI=1S/C56H36F68N2O2/c1-17-15-21(125-23(127)19(7-3-11-25(57,58)29(65,66)33(73,74)37(81,82)41(89,90)45(97,98)49(105,106)53(113,114)115)8-4-12-26(59,60)30(67,68)34(75,76)38(83,84)42(91,92)46(99,100)50(107,108)54(116,117)118)22(16-18(17)2)126-24(128)20(9-5-13-27(61,62)31(69,70)35(77,78)39(85,86)43(93,94)47(101,102)51(109,110)55(119,120)121)10-6-14-28(63,64)32(71,72)36(79,80)40(87,88)44(95,96)48(103,104)52(111,112)56(122,123)124/h15-16,19-20H,3-14H2,1-2H3,(H,125,127)(H,126,128). The van der Waals surface area contributed by atoms with Gasteiger partial charge in [-0.1, -0.05) is 0 Å². The van der Waals surface area contributed by atoms with Gasteiger partial charge in [0.2, 0.25) is 11.8 Å². The van der Waals surface area contributed by atoms with Crippen LogP contribution in [0.3, 0.4) is 0 Å². The molecule has 0 aliphatic carbocycles.